The number of hydrogen-bond acceptors (Lipinski definition) is 6. The van der Waals surface area contributed by atoms with Crippen LogP contribution in [0.25, 0.3) is 11.3 Å². The van der Waals surface area contributed by atoms with Crippen LogP contribution in [0.2, 0.25) is 5.02 Å². The Kier molecular flexibility index (Phi) is 7.55. The van der Waals surface area contributed by atoms with Gasteiger partial charge in [0.15, 0.2) is 5.16 Å². The minimum absolute atomic E-state index is 0.225. The zero-order chi connectivity index (χ0) is 21.7. The summed E-state index contributed by atoms with van der Waals surface area (Å²) >= 11 is 7.87. The number of nitrogens with one attached hydrogen (secondary N) is 1. The lowest BCUT2D eigenvalue weighted by molar-refractivity contribution is 0.0952. The maximum atomic E-state index is 12.8. The summed E-state index contributed by atoms with van der Waals surface area (Å²) in [6, 6.07) is 7.27. The highest BCUT2D eigenvalue weighted by Gasteiger charge is 2.22. The third-order valence-corrected chi connectivity index (χ3v) is 5.60. The van der Waals surface area contributed by atoms with Gasteiger partial charge in [0, 0.05) is 25.1 Å². The molecule has 7 nitrogen and oxygen atoms in total. The van der Waals surface area contributed by atoms with Crippen LogP contribution in [0, 0.1) is 12.8 Å². The molecule has 0 aliphatic carbocycles. The molecule has 2 aromatic heterocycles. The fourth-order valence-electron chi connectivity index (χ4n) is 3.22. The predicted octanol–water partition coefficient (Wildman–Crippen LogP) is 4.64. The van der Waals surface area contributed by atoms with Gasteiger partial charge in [-0.05, 0) is 31.6 Å². The van der Waals surface area contributed by atoms with Crippen molar-refractivity contribution in [2.45, 2.75) is 45.3 Å². The van der Waals surface area contributed by atoms with Crippen LogP contribution in [0.15, 0.2) is 33.9 Å². The fraction of sp³-hybridized carbons (Fsp3) is 0.429. The molecule has 1 amide bonds. The Balaban J connectivity index is 1.64. The van der Waals surface area contributed by atoms with Gasteiger partial charge in [-0.25, -0.2) is 0 Å². The SMILES string of the molecule is CSc1nnc(CCCNC(=O)c2c(-c3ccccc3Cl)noc2C)n1CC(C)C. The molecule has 0 aliphatic heterocycles. The minimum atomic E-state index is -0.225. The quantitative estimate of drug-likeness (QED) is 0.380. The smallest absolute Gasteiger partial charge is 0.257 e. The molecule has 3 aromatic rings. The van der Waals surface area contributed by atoms with Gasteiger partial charge in [0.05, 0.1) is 5.02 Å². The Morgan fingerprint density at radius 1 is 1.30 bits per heavy atom. The van der Waals surface area contributed by atoms with Crippen molar-refractivity contribution in [3.63, 3.8) is 0 Å². The molecule has 1 aromatic carbocycles. The van der Waals surface area contributed by atoms with Gasteiger partial charge in [-0.3, -0.25) is 4.79 Å². The largest absolute Gasteiger partial charge is 0.360 e. The highest BCUT2D eigenvalue weighted by atomic mass is 35.5. The van der Waals surface area contributed by atoms with Crippen molar-refractivity contribution in [3.05, 3.63) is 46.4 Å². The second-order valence-corrected chi connectivity index (χ2v) is 8.59. The highest BCUT2D eigenvalue weighted by molar-refractivity contribution is 7.98. The number of nitrogens with zero attached hydrogens (tertiary/aromatic N) is 4. The first-order valence-corrected chi connectivity index (χ1v) is 11.5. The van der Waals surface area contributed by atoms with Crippen LogP contribution < -0.4 is 5.32 Å². The van der Waals surface area contributed by atoms with Crippen molar-refractivity contribution in [2.24, 2.45) is 5.92 Å². The average molecular weight is 448 g/mol. The standard InChI is InChI=1S/C21H26ClN5O2S/c1-13(2)12-27-17(24-25-21(27)30-4)10-7-11-23-20(28)18-14(3)29-26-19(18)15-8-5-6-9-16(15)22/h5-6,8-9,13H,7,10-12H2,1-4H3,(H,23,28). The van der Waals surface area contributed by atoms with Crippen LogP contribution in [-0.2, 0) is 13.0 Å². The summed E-state index contributed by atoms with van der Waals surface area (Å²) in [5, 5.41) is 17.0. The lowest BCUT2D eigenvalue weighted by Crippen LogP contribution is -2.26. The van der Waals surface area contributed by atoms with E-state index < -0.39 is 0 Å². The Bertz CT molecular complexity index is 1010. The van der Waals surface area contributed by atoms with Crippen molar-refractivity contribution in [3.8, 4) is 11.3 Å². The monoisotopic (exact) mass is 447 g/mol. The molecular weight excluding hydrogens is 422 g/mol. The molecule has 3 rings (SSSR count). The maximum absolute atomic E-state index is 12.8. The summed E-state index contributed by atoms with van der Waals surface area (Å²) in [4.78, 5) is 12.8. The van der Waals surface area contributed by atoms with Crippen LogP contribution in [0.4, 0.5) is 0 Å². The van der Waals surface area contributed by atoms with E-state index in [1.165, 1.54) is 0 Å². The van der Waals surface area contributed by atoms with Crippen LogP contribution in [0.3, 0.4) is 0 Å². The molecule has 9 heteroatoms. The minimum Gasteiger partial charge on any atom is -0.360 e. The van der Waals surface area contributed by atoms with Crippen LogP contribution >= 0.6 is 23.4 Å². The number of carbonyl (C=O) groups is 1. The molecular formula is C21H26ClN5O2S. The molecule has 0 saturated heterocycles. The number of halogens is 1. The van der Waals surface area contributed by atoms with E-state index in [0.717, 1.165) is 30.4 Å². The number of rotatable bonds is 9. The van der Waals surface area contributed by atoms with E-state index in [4.69, 9.17) is 16.1 Å². The van der Waals surface area contributed by atoms with Crippen molar-refractivity contribution in [1.82, 2.24) is 25.2 Å². The Morgan fingerprint density at radius 2 is 2.07 bits per heavy atom. The highest BCUT2D eigenvalue weighted by Crippen LogP contribution is 2.30. The number of benzene rings is 1. The van der Waals surface area contributed by atoms with E-state index >= 15 is 0 Å². The van der Waals surface area contributed by atoms with E-state index in [0.29, 0.717) is 40.1 Å². The summed E-state index contributed by atoms with van der Waals surface area (Å²) in [6.07, 6.45) is 3.49. The number of aryl methyl sites for hydroxylation is 2. The zero-order valence-corrected chi connectivity index (χ0v) is 19.2. The predicted molar refractivity (Wildman–Crippen MR) is 119 cm³/mol. The molecule has 0 radical (unpaired) electrons. The molecule has 30 heavy (non-hydrogen) atoms. The zero-order valence-electron chi connectivity index (χ0n) is 17.6. The van der Waals surface area contributed by atoms with Gasteiger partial charge < -0.3 is 14.4 Å². The molecule has 2 heterocycles. The molecule has 0 fully saturated rings. The summed E-state index contributed by atoms with van der Waals surface area (Å²) in [5.74, 6) is 1.69. The van der Waals surface area contributed by atoms with Gasteiger partial charge in [0.25, 0.3) is 5.91 Å². The van der Waals surface area contributed by atoms with E-state index in [1.54, 1.807) is 24.8 Å². The molecule has 0 atom stereocenters. The number of thioether (sulfide) groups is 1. The topological polar surface area (TPSA) is 85.8 Å². The Morgan fingerprint density at radius 3 is 2.77 bits per heavy atom. The van der Waals surface area contributed by atoms with Crippen LogP contribution in [-0.4, -0.2) is 38.6 Å². The third kappa shape index (κ3) is 5.05. The molecule has 0 bridgehead atoms. The first kappa shape index (κ1) is 22.4. The average Bonchev–Trinajstić information content (AvgIpc) is 3.28. The van der Waals surface area contributed by atoms with Gasteiger partial charge in [-0.15, -0.1) is 10.2 Å². The first-order chi connectivity index (χ1) is 14.4. The number of carbonyl (C=O) groups excluding carboxylic acids is 1. The van der Waals surface area contributed by atoms with Crippen molar-refractivity contribution >= 4 is 29.3 Å². The summed E-state index contributed by atoms with van der Waals surface area (Å²) in [6.45, 7) is 7.46. The number of aromatic nitrogens is 4. The van der Waals surface area contributed by atoms with Gasteiger partial charge >= 0.3 is 0 Å². The van der Waals surface area contributed by atoms with Crippen molar-refractivity contribution in [2.75, 3.05) is 12.8 Å². The molecule has 0 unspecified atom stereocenters. The maximum Gasteiger partial charge on any atom is 0.257 e. The van der Waals surface area contributed by atoms with E-state index in [9.17, 15) is 4.79 Å². The van der Waals surface area contributed by atoms with Crippen LogP contribution in [0.1, 0.15) is 42.2 Å². The molecule has 1 N–H and O–H groups in total. The third-order valence-electron chi connectivity index (χ3n) is 4.61. The lowest BCUT2D eigenvalue weighted by atomic mass is 10.1. The second-order valence-electron chi connectivity index (χ2n) is 7.41. The molecule has 0 saturated carbocycles. The van der Waals surface area contributed by atoms with Crippen LogP contribution in [0.5, 0.6) is 0 Å². The summed E-state index contributed by atoms with van der Waals surface area (Å²) in [7, 11) is 0. The summed E-state index contributed by atoms with van der Waals surface area (Å²) < 4.78 is 7.44. The van der Waals surface area contributed by atoms with Gasteiger partial charge in [0.2, 0.25) is 0 Å². The second kappa shape index (κ2) is 10.1. The van der Waals surface area contributed by atoms with E-state index in [1.807, 2.05) is 24.5 Å². The van der Waals surface area contributed by atoms with Crippen molar-refractivity contribution in [1.29, 1.82) is 0 Å². The van der Waals surface area contributed by atoms with E-state index in [2.05, 4.69) is 39.1 Å². The van der Waals surface area contributed by atoms with Crippen molar-refractivity contribution < 1.29 is 9.32 Å². The lowest BCUT2D eigenvalue weighted by Gasteiger charge is -2.12. The Hall–Kier alpha value is -2.32. The molecule has 0 aliphatic rings. The number of hydrogen-bond donors (Lipinski definition) is 1. The summed E-state index contributed by atoms with van der Waals surface area (Å²) in [5.41, 5.74) is 1.54. The Labute approximate surface area is 185 Å². The van der Waals surface area contributed by atoms with Gasteiger partial charge in [-0.1, -0.05) is 60.6 Å². The van der Waals surface area contributed by atoms with Gasteiger partial charge in [-0.2, -0.15) is 0 Å². The van der Waals surface area contributed by atoms with Gasteiger partial charge in [0.1, 0.15) is 22.8 Å². The molecule has 160 valence electrons. The first-order valence-electron chi connectivity index (χ1n) is 9.87. The molecule has 0 spiro atoms. The normalized spacial score (nSPS) is 11.3. The number of amides is 1. The van der Waals surface area contributed by atoms with E-state index in [-0.39, 0.29) is 5.91 Å². The fourth-order valence-corrected chi connectivity index (χ4v) is 3.96.